The van der Waals surface area contributed by atoms with Crippen molar-refractivity contribution < 1.29 is 9.32 Å². The highest BCUT2D eigenvalue weighted by Crippen LogP contribution is 2.27. The van der Waals surface area contributed by atoms with Crippen LogP contribution in [0.5, 0.6) is 0 Å². The van der Waals surface area contributed by atoms with Crippen LogP contribution in [0.25, 0.3) is 23.0 Å². The van der Waals surface area contributed by atoms with E-state index >= 15 is 0 Å². The van der Waals surface area contributed by atoms with Gasteiger partial charge in [0.05, 0.1) is 0 Å². The maximum atomic E-state index is 12.4. The van der Waals surface area contributed by atoms with Crippen LogP contribution in [0.1, 0.15) is 21.7 Å². The summed E-state index contributed by atoms with van der Waals surface area (Å²) < 4.78 is 5.40. The molecule has 0 aliphatic carbocycles. The molecule has 25 heavy (non-hydrogen) atoms. The number of nitrogens with zero attached hydrogens (tertiary/aromatic N) is 1. The lowest BCUT2D eigenvalue weighted by atomic mass is 10.0. The Morgan fingerprint density at radius 1 is 1.16 bits per heavy atom. The van der Waals surface area contributed by atoms with E-state index in [1.165, 1.54) is 0 Å². The van der Waals surface area contributed by atoms with E-state index in [0.717, 1.165) is 11.1 Å². The molecule has 126 valence electrons. The van der Waals surface area contributed by atoms with Crippen LogP contribution in [0.15, 0.2) is 59.1 Å². The average Bonchev–Trinajstić information content (AvgIpc) is 3.05. The van der Waals surface area contributed by atoms with E-state index in [1.54, 1.807) is 37.4 Å². The summed E-state index contributed by atoms with van der Waals surface area (Å²) in [5, 5.41) is 7.29. The number of nitrogens with two attached hydrogens (primary N) is 1. The van der Waals surface area contributed by atoms with E-state index in [4.69, 9.17) is 21.9 Å². The smallest absolute Gasteiger partial charge is 0.257 e. The van der Waals surface area contributed by atoms with Gasteiger partial charge in [-0.15, -0.1) is 0 Å². The number of hydrogen-bond donors (Lipinski definition) is 2. The number of benzene rings is 2. The van der Waals surface area contributed by atoms with Crippen LogP contribution in [0.3, 0.4) is 0 Å². The molecule has 5 nitrogen and oxygen atoms in total. The number of hydrogen-bond acceptors (Lipinski definition) is 4. The van der Waals surface area contributed by atoms with E-state index in [2.05, 4.69) is 10.5 Å². The number of amides is 1. The Balaban J connectivity index is 2.07. The molecule has 0 fully saturated rings. The summed E-state index contributed by atoms with van der Waals surface area (Å²) >= 11 is 5.89. The average molecular weight is 354 g/mol. The third kappa shape index (κ3) is 3.56. The second-order valence-electron chi connectivity index (χ2n) is 5.32. The Hall–Kier alpha value is -3.05. The first-order valence-corrected chi connectivity index (χ1v) is 7.98. The third-order valence-corrected chi connectivity index (χ3v) is 3.94. The number of nitrogens with one attached hydrogen (secondary N) is 1. The Morgan fingerprint density at radius 3 is 2.48 bits per heavy atom. The molecule has 0 bridgehead atoms. The summed E-state index contributed by atoms with van der Waals surface area (Å²) in [5.41, 5.74) is 8.94. The molecule has 0 spiro atoms. The van der Waals surface area contributed by atoms with E-state index in [0.29, 0.717) is 27.7 Å². The van der Waals surface area contributed by atoms with Gasteiger partial charge in [-0.05, 0) is 17.7 Å². The normalized spacial score (nSPS) is 11.4. The van der Waals surface area contributed by atoms with Gasteiger partial charge >= 0.3 is 0 Å². The Morgan fingerprint density at radius 2 is 1.84 bits per heavy atom. The quantitative estimate of drug-likeness (QED) is 0.747. The summed E-state index contributed by atoms with van der Waals surface area (Å²) in [6.07, 6.45) is 1.59. The summed E-state index contributed by atoms with van der Waals surface area (Å²) in [6.45, 7) is 0. The van der Waals surface area contributed by atoms with Crippen molar-refractivity contribution in [3.05, 3.63) is 76.5 Å². The first-order chi connectivity index (χ1) is 12.1. The van der Waals surface area contributed by atoms with Crippen molar-refractivity contribution in [1.82, 2.24) is 10.5 Å². The third-order valence-electron chi connectivity index (χ3n) is 3.68. The fourth-order valence-corrected chi connectivity index (χ4v) is 2.53. The molecule has 0 aliphatic rings. The van der Waals surface area contributed by atoms with Gasteiger partial charge in [0.2, 0.25) is 0 Å². The minimum atomic E-state index is -0.296. The molecule has 1 heterocycles. The Labute approximate surface area is 150 Å². The molecule has 1 aromatic heterocycles. The number of aromatic nitrogens is 1. The fourth-order valence-electron chi connectivity index (χ4n) is 2.41. The lowest BCUT2D eigenvalue weighted by Gasteiger charge is -2.03. The first-order valence-electron chi connectivity index (χ1n) is 7.60. The largest absolute Gasteiger partial charge is 0.398 e. The minimum absolute atomic E-state index is 0.296. The highest BCUT2D eigenvalue weighted by Gasteiger charge is 2.22. The van der Waals surface area contributed by atoms with Crippen molar-refractivity contribution in [1.29, 1.82) is 0 Å². The van der Waals surface area contributed by atoms with Crippen LogP contribution in [0.2, 0.25) is 5.02 Å². The maximum absolute atomic E-state index is 12.4. The molecule has 3 aromatic rings. The zero-order valence-corrected chi connectivity index (χ0v) is 14.2. The van der Waals surface area contributed by atoms with Crippen molar-refractivity contribution in [2.45, 2.75) is 0 Å². The predicted molar refractivity (Wildman–Crippen MR) is 98.8 cm³/mol. The van der Waals surface area contributed by atoms with Crippen molar-refractivity contribution in [2.75, 3.05) is 7.05 Å². The summed E-state index contributed by atoms with van der Waals surface area (Å²) in [4.78, 5) is 12.4. The van der Waals surface area contributed by atoms with Gasteiger partial charge in [0.25, 0.3) is 5.91 Å². The summed E-state index contributed by atoms with van der Waals surface area (Å²) in [5.74, 6) is 0.000845. The molecule has 0 unspecified atom stereocenters. The molecule has 2 aromatic carbocycles. The van der Waals surface area contributed by atoms with Crippen molar-refractivity contribution in [3.8, 4) is 11.3 Å². The fraction of sp³-hybridized carbons (Fsp3) is 0.0526. The lowest BCUT2D eigenvalue weighted by molar-refractivity contribution is 0.0963. The zero-order valence-electron chi connectivity index (χ0n) is 13.5. The van der Waals surface area contributed by atoms with Gasteiger partial charge in [-0.2, -0.15) is 0 Å². The van der Waals surface area contributed by atoms with Crippen LogP contribution in [0, 0.1) is 0 Å². The second-order valence-corrected chi connectivity index (χ2v) is 5.76. The standard InChI is InChI=1S/C19H16ClN3O2/c1-22-19(24)17-16(11-15(21)12-7-9-14(20)10-8-12)25-23-18(17)13-5-3-2-4-6-13/h2-11H,21H2,1H3,(H,22,24)/b15-11-. The van der Waals surface area contributed by atoms with Crippen molar-refractivity contribution in [2.24, 2.45) is 5.73 Å². The first kappa shape index (κ1) is 16.8. The number of carbonyl (C=O) groups excluding carboxylic acids is 1. The molecule has 0 radical (unpaired) electrons. The Bertz CT molecular complexity index is 916. The number of halogens is 1. The lowest BCUT2D eigenvalue weighted by Crippen LogP contribution is -2.19. The van der Waals surface area contributed by atoms with Gasteiger partial charge in [-0.1, -0.05) is 59.2 Å². The van der Waals surface area contributed by atoms with E-state index in [1.807, 2.05) is 30.3 Å². The van der Waals surface area contributed by atoms with E-state index in [-0.39, 0.29) is 5.91 Å². The SMILES string of the molecule is CNC(=O)c1c(-c2ccccc2)noc1/C=C(\N)c1ccc(Cl)cc1. The Kier molecular flexibility index (Phi) is 4.86. The molecule has 3 N–H and O–H groups in total. The topological polar surface area (TPSA) is 81.2 Å². The van der Waals surface area contributed by atoms with Crippen LogP contribution in [0.4, 0.5) is 0 Å². The summed E-state index contributed by atoms with van der Waals surface area (Å²) in [7, 11) is 1.56. The molecule has 3 rings (SSSR count). The van der Waals surface area contributed by atoms with Gasteiger partial charge in [-0.3, -0.25) is 4.79 Å². The maximum Gasteiger partial charge on any atom is 0.257 e. The zero-order chi connectivity index (χ0) is 17.8. The van der Waals surface area contributed by atoms with Gasteiger partial charge in [0.1, 0.15) is 11.3 Å². The number of carbonyl (C=O) groups is 1. The van der Waals surface area contributed by atoms with Crippen LogP contribution < -0.4 is 11.1 Å². The molecule has 0 atom stereocenters. The van der Waals surface area contributed by atoms with Crippen LogP contribution in [-0.2, 0) is 0 Å². The predicted octanol–water partition coefficient (Wildman–Crippen LogP) is 3.81. The monoisotopic (exact) mass is 353 g/mol. The summed E-state index contributed by atoms with van der Waals surface area (Å²) in [6, 6.07) is 16.4. The molecule has 0 aliphatic heterocycles. The van der Waals surface area contributed by atoms with Gasteiger partial charge < -0.3 is 15.6 Å². The minimum Gasteiger partial charge on any atom is -0.398 e. The van der Waals surface area contributed by atoms with Crippen LogP contribution >= 0.6 is 11.6 Å². The van der Waals surface area contributed by atoms with Gasteiger partial charge in [-0.25, -0.2) is 0 Å². The molecule has 0 saturated heterocycles. The van der Waals surface area contributed by atoms with Crippen LogP contribution in [-0.4, -0.2) is 18.1 Å². The molecular weight excluding hydrogens is 338 g/mol. The van der Waals surface area contributed by atoms with Gasteiger partial charge in [0.15, 0.2) is 5.76 Å². The highest BCUT2D eigenvalue weighted by molar-refractivity contribution is 6.30. The molecule has 0 saturated carbocycles. The van der Waals surface area contributed by atoms with E-state index < -0.39 is 0 Å². The second kappa shape index (κ2) is 7.23. The van der Waals surface area contributed by atoms with Crippen molar-refractivity contribution in [3.63, 3.8) is 0 Å². The highest BCUT2D eigenvalue weighted by atomic mass is 35.5. The molecular formula is C19H16ClN3O2. The van der Waals surface area contributed by atoms with Crippen molar-refractivity contribution >= 4 is 29.3 Å². The number of rotatable bonds is 4. The van der Waals surface area contributed by atoms with E-state index in [9.17, 15) is 4.79 Å². The molecule has 1 amide bonds. The molecule has 6 heteroatoms. The van der Waals surface area contributed by atoms with Gasteiger partial charge in [0, 0.05) is 29.4 Å².